The molecule has 0 aliphatic rings. The number of carbonyl (C=O) groups is 2. The molecule has 4 aromatic carbocycles. The number of hydrogen-bond donors (Lipinski definition) is 4. The van der Waals surface area contributed by atoms with Gasteiger partial charge < -0.3 is 45.6 Å². The van der Waals surface area contributed by atoms with Gasteiger partial charge in [0, 0.05) is 41.7 Å². The third kappa shape index (κ3) is 15.4. The molecule has 2 heterocycles. The zero-order valence-electron chi connectivity index (χ0n) is 36.8. The summed E-state index contributed by atoms with van der Waals surface area (Å²) in [6, 6.07) is 31.6. The van der Waals surface area contributed by atoms with Crippen LogP contribution in [0.2, 0.25) is 0 Å². The number of amides is 1. The highest BCUT2D eigenvalue weighted by atomic mass is 19.4. The molecule has 2 aromatic heterocycles. The Bertz CT molecular complexity index is 2460. The number of esters is 1. The van der Waals surface area contributed by atoms with Crippen molar-refractivity contribution in [1.82, 2.24) is 25.3 Å². The summed E-state index contributed by atoms with van der Waals surface area (Å²) in [5.41, 5.74) is 4.72. The largest absolute Gasteiger partial charge is 0.473 e. The number of likely N-dealkylation sites (N-methyl/N-ethyl adjacent to an activating group) is 1. The highest BCUT2D eigenvalue weighted by Crippen LogP contribution is 2.33. The number of hydrogen-bond acceptors (Lipinski definition) is 16. The van der Waals surface area contributed by atoms with Crippen LogP contribution in [0.1, 0.15) is 33.6 Å². The molecular weight excluding hydrogens is 907 g/mol. The lowest BCUT2D eigenvalue weighted by atomic mass is 10.0. The number of alkyl halides is 6. The molecule has 17 nitrogen and oxygen atoms in total. The number of nitrogens with one attached hydrogen (secondary N) is 3. The van der Waals surface area contributed by atoms with E-state index in [1.807, 2.05) is 0 Å². The van der Waals surface area contributed by atoms with Crippen LogP contribution in [0.25, 0.3) is 0 Å². The van der Waals surface area contributed by atoms with Gasteiger partial charge in [0.2, 0.25) is 23.7 Å². The Morgan fingerprint density at radius 3 is 1.34 bits per heavy atom. The van der Waals surface area contributed by atoms with Gasteiger partial charge in [-0.25, -0.2) is 14.8 Å². The zero-order valence-corrected chi connectivity index (χ0v) is 36.8. The zero-order chi connectivity index (χ0) is 49.7. The smallest absolute Gasteiger partial charge is 0.433 e. The van der Waals surface area contributed by atoms with Gasteiger partial charge in [0.1, 0.15) is 27.4 Å². The van der Waals surface area contributed by atoms with Crippen molar-refractivity contribution in [1.29, 1.82) is 0 Å². The van der Waals surface area contributed by atoms with Crippen LogP contribution in [-0.4, -0.2) is 78.7 Å². The Morgan fingerprint density at radius 2 is 0.956 bits per heavy atom. The molecule has 68 heavy (non-hydrogen) atoms. The van der Waals surface area contributed by atoms with Crippen LogP contribution >= 0.6 is 0 Å². The first kappa shape index (κ1) is 52.3. The second kappa shape index (κ2) is 25.4. The lowest BCUT2D eigenvalue weighted by molar-refractivity contribution is -0.142. The van der Waals surface area contributed by atoms with E-state index in [4.69, 9.17) is 23.9 Å². The van der Waals surface area contributed by atoms with E-state index in [-0.39, 0.29) is 48.3 Å². The molecular formula is C45H44F6N10O7. The molecule has 23 heteroatoms. The van der Waals surface area contributed by atoms with E-state index >= 15 is 0 Å². The Balaban J connectivity index is 0.000000286. The van der Waals surface area contributed by atoms with Crippen molar-refractivity contribution >= 4 is 46.6 Å². The van der Waals surface area contributed by atoms with Crippen LogP contribution in [0, 0.1) is 0 Å². The second-order valence-corrected chi connectivity index (χ2v) is 13.0. The summed E-state index contributed by atoms with van der Waals surface area (Å²) in [6.07, 6.45) is -9.42. The minimum absolute atomic E-state index is 0.00991. The number of para-hydroxylation sites is 2. The Morgan fingerprint density at radius 1 is 0.574 bits per heavy atom. The average Bonchev–Trinajstić information content (AvgIpc) is 3.34. The fourth-order valence-electron chi connectivity index (χ4n) is 5.57. The fourth-order valence-corrected chi connectivity index (χ4v) is 5.57. The van der Waals surface area contributed by atoms with E-state index in [2.05, 4.69) is 51.9 Å². The van der Waals surface area contributed by atoms with Gasteiger partial charge in [0.05, 0.1) is 7.11 Å². The number of nitrogens with two attached hydrogens (primary N) is 1. The van der Waals surface area contributed by atoms with Crippen LogP contribution in [0.3, 0.4) is 0 Å². The van der Waals surface area contributed by atoms with Crippen molar-refractivity contribution in [2.75, 3.05) is 46.1 Å². The maximum Gasteiger partial charge on any atom is 0.433 e. The molecule has 1 amide bonds. The van der Waals surface area contributed by atoms with Gasteiger partial charge >= 0.3 is 18.3 Å². The summed E-state index contributed by atoms with van der Waals surface area (Å²) in [5, 5.41) is 15.4. The number of methoxy groups -OCH3 is 1. The van der Waals surface area contributed by atoms with Crippen molar-refractivity contribution in [3.8, 4) is 11.8 Å². The Kier molecular flexibility index (Phi) is 19.5. The van der Waals surface area contributed by atoms with Gasteiger partial charge in [-0.3, -0.25) is 4.79 Å². The molecule has 0 aliphatic heterocycles. The number of ether oxygens (including phenoxy) is 3. The van der Waals surface area contributed by atoms with E-state index in [9.17, 15) is 35.9 Å². The normalized spacial score (nSPS) is 11.4. The number of oxime groups is 2. The van der Waals surface area contributed by atoms with E-state index in [1.165, 1.54) is 35.4 Å². The molecule has 0 spiro atoms. The summed E-state index contributed by atoms with van der Waals surface area (Å²) in [7, 11) is 6.69. The highest BCUT2D eigenvalue weighted by Gasteiger charge is 2.35. The first-order valence-electron chi connectivity index (χ1n) is 19.7. The molecule has 0 saturated heterocycles. The van der Waals surface area contributed by atoms with E-state index < -0.39 is 35.6 Å². The van der Waals surface area contributed by atoms with Crippen molar-refractivity contribution < 1.29 is 59.8 Å². The fraction of sp³-hybridized carbons (Fsp3) is 0.200. The second-order valence-electron chi connectivity index (χ2n) is 13.0. The Labute approximate surface area is 385 Å². The van der Waals surface area contributed by atoms with Gasteiger partial charge in [-0.05, 0) is 42.4 Å². The first-order chi connectivity index (χ1) is 32.6. The van der Waals surface area contributed by atoms with Crippen molar-refractivity contribution in [2.45, 2.75) is 25.6 Å². The Hall–Kier alpha value is -8.34. The third-order valence-corrected chi connectivity index (χ3v) is 8.53. The number of halogens is 6. The monoisotopic (exact) mass is 950 g/mol. The van der Waals surface area contributed by atoms with Crippen LogP contribution in [0.4, 0.5) is 49.6 Å². The lowest BCUT2D eigenvalue weighted by Crippen LogP contribution is -2.29. The summed E-state index contributed by atoms with van der Waals surface area (Å²) < 4.78 is 96.1. The quantitative estimate of drug-likeness (QED) is 0.0315. The predicted octanol–water partition coefficient (Wildman–Crippen LogP) is 7.83. The molecule has 0 bridgehead atoms. The van der Waals surface area contributed by atoms with Crippen LogP contribution in [0.15, 0.2) is 132 Å². The molecule has 6 rings (SSSR count). The van der Waals surface area contributed by atoms with E-state index in [0.29, 0.717) is 45.8 Å². The third-order valence-electron chi connectivity index (χ3n) is 8.53. The molecule has 0 atom stereocenters. The predicted molar refractivity (Wildman–Crippen MR) is 238 cm³/mol. The SMILES string of the molecule is CN.CNC(=O)/C(=N/OC)c1ccccc1COc1cc(C(F)(F)F)nc(Nc2ccccc2)n1.CO/N=C(/C(=O)OC)c1ccccc1COc1cc(C(F)(F)F)nc(Nc2ccccc2)n1. The van der Waals surface area contributed by atoms with Gasteiger partial charge in [-0.1, -0.05) is 95.2 Å². The maximum absolute atomic E-state index is 13.4. The van der Waals surface area contributed by atoms with Gasteiger partial charge in [-0.2, -0.15) is 36.3 Å². The van der Waals surface area contributed by atoms with E-state index in [1.54, 1.807) is 109 Å². The highest BCUT2D eigenvalue weighted by molar-refractivity contribution is 6.45. The van der Waals surface area contributed by atoms with Gasteiger partial charge in [0.15, 0.2) is 22.8 Å². The molecule has 0 fully saturated rings. The number of anilines is 4. The number of benzene rings is 4. The first-order valence-corrected chi connectivity index (χ1v) is 19.7. The molecule has 6 aromatic rings. The standard InChI is InChI=1S/C22H20F3N5O3.C22H19F3N4O4.CH5N/c1-26-20(31)19(30-32-2)16-11-7-6-8-14(16)13-33-18-12-17(22(23,24)25)28-21(29-18)27-15-9-4-3-5-10-15;1-31-20(30)19(29-32-2)16-11-7-6-8-14(16)13-33-18-12-17(22(23,24)25)27-21(28-18)26-15-9-4-3-5-10-15;1-2/h3-12H,13H2,1-2H3,(H,26,31)(H,27,28,29);3-12H,13H2,1-2H3,(H,26,27,28);2H2,1H3/b30-19+;29-19+;. The van der Waals surface area contributed by atoms with Gasteiger partial charge in [0.25, 0.3) is 5.91 Å². The van der Waals surface area contributed by atoms with Crippen LogP contribution in [-0.2, 0) is 49.6 Å². The number of nitrogens with zero attached hydrogens (tertiary/aromatic N) is 6. The maximum atomic E-state index is 13.4. The molecule has 0 aliphatic carbocycles. The molecule has 358 valence electrons. The van der Waals surface area contributed by atoms with E-state index in [0.717, 1.165) is 0 Å². The minimum Gasteiger partial charge on any atom is -0.473 e. The molecule has 0 saturated carbocycles. The summed E-state index contributed by atoms with van der Waals surface area (Å²) in [6.45, 7) is -0.399. The summed E-state index contributed by atoms with van der Waals surface area (Å²) >= 11 is 0. The van der Waals surface area contributed by atoms with Crippen LogP contribution < -0.4 is 31.2 Å². The summed E-state index contributed by atoms with van der Waals surface area (Å²) in [5.74, 6) is -2.41. The molecule has 0 radical (unpaired) electrons. The number of aromatic nitrogens is 4. The van der Waals surface area contributed by atoms with Gasteiger partial charge in [-0.15, -0.1) is 0 Å². The average molecular weight is 951 g/mol. The van der Waals surface area contributed by atoms with Crippen molar-refractivity contribution in [3.05, 3.63) is 155 Å². The summed E-state index contributed by atoms with van der Waals surface area (Å²) in [4.78, 5) is 48.9. The topological polar surface area (TPSA) is 219 Å². The van der Waals surface area contributed by atoms with Crippen LogP contribution in [0.5, 0.6) is 11.8 Å². The minimum atomic E-state index is -4.71. The molecule has 0 unspecified atom stereocenters. The lowest BCUT2D eigenvalue weighted by Gasteiger charge is -2.14. The van der Waals surface area contributed by atoms with Crippen molar-refractivity contribution in [2.24, 2.45) is 16.0 Å². The number of carbonyl (C=O) groups excluding carboxylic acids is 2. The molecule has 5 N–H and O–H groups in total. The van der Waals surface area contributed by atoms with Crippen molar-refractivity contribution in [3.63, 3.8) is 0 Å². The number of rotatable bonds is 16.